The molecule has 0 unspecified atom stereocenters. The van der Waals surface area contributed by atoms with Gasteiger partial charge in [0.1, 0.15) is 6.67 Å². The van der Waals surface area contributed by atoms with Gasteiger partial charge in [-0.25, -0.2) is 0 Å². The Bertz CT molecular complexity index is 189. The number of nitrogens with one attached hydrogen (secondary N) is 2. The van der Waals surface area contributed by atoms with Gasteiger partial charge in [-0.05, 0) is 24.8 Å². The fraction of sp³-hybridized carbons (Fsp3) is 0.375. The van der Waals surface area contributed by atoms with Crippen molar-refractivity contribution in [3.05, 3.63) is 24.4 Å². The molecule has 2 N–H and O–H groups in total. The molecule has 1 aliphatic rings. The Morgan fingerprint density at radius 1 is 1.55 bits per heavy atom. The third kappa shape index (κ3) is 2.89. The van der Waals surface area contributed by atoms with Crippen LogP contribution in [0, 0.1) is 0 Å². The average Bonchev–Trinajstić information content (AvgIpc) is 2.16. The van der Waals surface area contributed by atoms with E-state index in [9.17, 15) is 0 Å². The lowest BCUT2D eigenvalue weighted by Crippen LogP contribution is -2.21. The fourth-order valence-corrected chi connectivity index (χ4v) is 0.770. The van der Waals surface area contributed by atoms with Gasteiger partial charge in [0, 0.05) is 0 Å². The van der Waals surface area contributed by atoms with Gasteiger partial charge in [0.05, 0.1) is 5.71 Å². The molecule has 0 aromatic rings. The van der Waals surface area contributed by atoms with Gasteiger partial charge in [0.15, 0.2) is 0 Å². The maximum atomic E-state index is 4.14. The lowest BCUT2D eigenvalue weighted by Gasteiger charge is -1.99. The highest BCUT2D eigenvalue weighted by molar-refractivity contribution is 5.94. The maximum absolute atomic E-state index is 4.14. The minimum Gasteiger partial charge on any atom is -0.373 e. The summed E-state index contributed by atoms with van der Waals surface area (Å²) in [4.78, 5) is 0. The molecule has 3 nitrogen and oxygen atoms in total. The third-order valence-corrected chi connectivity index (χ3v) is 1.38. The van der Waals surface area contributed by atoms with Crippen molar-refractivity contribution in [2.24, 2.45) is 5.10 Å². The van der Waals surface area contributed by atoms with Crippen LogP contribution in [0.25, 0.3) is 0 Å². The van der Waals surface area contributed by atoms with E-state index in [2.05, 4.69) is 22.8 Å². The minimum absolute atomic E-state index is 0.682. The van der Waals surface area contributed by atoms with E-state index >= 15 is 0 Å². The van der Waals surface area contributed by atoms with E-state index in [4.69, 9.17) is 0 Å². The summed E-state index contributed by atoms with van der Waals surface area (Å²) in [5.41, 5.74) is 3.97. The molecule has 0 saturated carbocycles. The lowest BCUT2D eigenvalue weighted by molar-refractivity contribution is 0.686. The molecular weight excluding hydrogens is 138 g/mol. The van der Waals surface area contributed by atoms with E-state index in [-0.39, 0.29) is 0 Å². The Morgan fingerprint density at radius 2 is 2.45 bits per heavy atom. The van der Waals surface area contributed by atoms with Gasteiger partial charge in [-0.2, -0.15) is 5.10 Å². The molecule has 1 rings (SSSR count). The van der Waals surface area contributed by atoms with Crippen molar-refractivity contribution in [1.29, 1.82) is 0 Å². The topological polar surface area (TPSA) is 36.4 Å². The molecule has 3 heteroatoms. The molecule has 1 heterocycles. The van der Waals surface area contributed by atoms with Gasteiger partial charge >= 0.3 is 0 Å². The summed E-state index contributed by atoms with van der Waals surface area (Å²) < 4.78 is 0. The molecule has 0 aromatic heterocycles. The SMILES string of the molecule is CCC1=N\NCN/C=C/C=C\1. The van der Waals surface area contributed by atoms with Crippen molar-refractivity contribution in [3.63, 3.8) is 0 Å². The molecular formula is C8H13N3. The summed E-state index contributed by atoms with van der Waals surface area (Å²) in [7, 11) is 0. The second kappa shape index (κ2) is 4.55. The Kier molecular flexibility index (Phi) is 3.25. The van der Waals surface area contributed by atoms with Gasteiger partial charge < -0.3 is 5.32 Å². The molecule has 0 spiro atoms. The number of hydrazone groups is 1. The molecule has 11 heavy (non-hydrogen) atoms. The van der Waals surface area contributed by atoms with Gasteiger partial charge in [-0.1, -0.05) is 13.0 Å². The Balaban J connectivity index is 2.60. The second-order valence-electron chi connectivity index (χ2n) is 2.21. The van der Waals surface area contributed by atoms with Crippen molar-refractivity contribution in [2.45, 2.75) is 13.3 Å². The summed E-state index contributed by atoms with van der Waals surface area (Å²) in [5.74, 6) is 0. The minimum atomic E-state index is 0.682. The second-order valence-corrected chi connectivity index (χ2v) is 2.21. The van der Waals surface area contributed by atoms with E-state index in [0.717, 1.165) is 12.1 Å². The third-order valence-electron chi connectivity index (χ3n) is 1.38. The summed E-state index contributed by atoms with van der Waals surface area (Å²) in [5, 5.41) is 7.16. The number of nitrogens with zero attached hydrogens (tertiary/aromatic N) is 1. The number of allylic oxidation sites excluding steroid dienone is 3. The highest BCUT2D eigenvalue weighted by atomic mass is 15.3. The van der Waals surface area contributed by atoms with Crippen LogP contribution in [0.3, 0.4) is 0 Å². The van der Waals surface area contributed by atoms with Crippen molar-refractivity contribution in [2.75, 3.05) is 6.67 Å². The lowest BCUT2D eigenvalue weighted by atomic mass is 10.3. The quantitative estimate of drug-likeness (QED) is 0.586. The molecule has 0 aromatic carbocycles. The van der Waals surface area contributed by atoms with Crippen molar-refractivity contribution >= 4 is 5.71 Å². The standard InChI is InChI=1S/C8H13N3/c1-2-8-5-3-4-6-9-7-10-11-8/h3-6,9-10H,2,7H2,1H3/b5-3-,6-4+,11-8+. The van der Waals surface area contributed by atoms with Gasteiger partial charge in [0.25, 0.3) is 0 Å². The van der Waals surface area contributed by atoms with Crippen molar-refractivity contribution in [1.82, 2.24) is 10.7 Å². The molecule has 0 saturated heterocycles. The summed E-state index contributed by atoms with van der Waals surface area (Å²) in [6.45, 7) is 2.77. The Morgan fingerprint density at radius 3 is 3.27 bits per heavy atom. The Labute approximate surface area is 66.9 Å². The predicted molar refractivity (Wildman–Crippen MR) is 47.1 cm³/mol. The molecule has 1 aliphatic heterocycles. The van der Waals surface area contributed by atoms with E-state index in [1.165, 1.54) is 0 Å². The maximum Gasteiger partial charge on any atom is 0.101 e. The van der Waals surface area contributed by atoms with Crippen LogP contribution in [0.2, 0.25) is 0 Å². The van der Waals surface area contributed by atoms with E-state index in [1.54, 1.807) is 0 Å². The monoisotopic (exact) mass is 151 g/mol. The van der Waals surface area contributed by atoms with Crippen LogP contribution in [0.1, 0.15) is 13.3 Å². The van der Waals surface area contributed by atoms with Crippen LogP contribution in [0.5, 0.6) is 0 Å². The zero-order valence-corrected chi connectivity index (χ0v) is 6.67. The van der Waals surface area contributed by atoms with Gasteiger partial charge in [0.2, 0.25) is 0 Å². The first-order valence-electron chi connectivity index (χ1n) is 3.79. The molecule has 0 radical (unpaired) electrons. The van der Waals surface area contributed by atoms with Crippen molar-refractivity contribution in [3.8, 4) is 0 Å². The molecule has 0 bridgehead atoms. The van der Waals surface area contributed by atoms with Crippen LogP contribution in [0.4, 0.5) is 0 Å². The Hall–Kier alpha value is -1.25. The zero-order chi connectivity index (χ0) is 7.94. The van der Waals surface area contributed by atoms with E-state index in [0.29, 0.717) is 6.67 Å². The van der Waals surface area contributed by atoms with Crippen molar-refractivity contribution < 1.29 is 0 Å². The van der Waals surface area contributed by atoms with Crippen LogP contribution in [-0.4, -0.2) is 12.4 Å². The first-order valence-corrected chi connectivity index (χ1v) is 3.79. The van der Waals surface area contributed by atoms with Crippen LogP contribution < -0.4 is 10.7 Å². The summed E-state index contributed by atoms with van der Waals surface area (Å²) in [6, 6.07) is 0. The molecule has 0 fully saturated rings. The molecule has 0 atom stereocenters. The first kappa shape index (κ1) is 7.85. The number of rotatable bonds is 1. The smallest absolute Gasteiger partial charge is 0.101 e. The first-order chi connectivity index (χ1) is 5.43. The van der Waals surface area contributed by atoms with Gasteiger partial charge in [-0.15, -0.1) is 0 Å². The fourth-order valence-electron chi connectivity index (χ4n) is 0.770. The summed E-state index contributed by atoms with van der Waals surface area (Å²) >= 11 is 0. The predicted octanol–water partition coefficient (Wildman–Crippen LogP) is 0.973. The van der Waals surface area contributed by atoms with Crippen LogP contribution in [-0.2, 0) is 0 Å². The number of hydrogen-bond donors (Lipinski definition) is 2. The molecule has 60 valence electrons. The number of hydrogen-bond acceptors (Lipinski definition) is 3. The van der Waals surface area contributed by atoms with E-state index in [1.807, 2.05) is 24.4 Å². The normalized spacial score (nSPS) is 27.5. The highest BCUT2D eigenvalue weighted by Crippen LogP contribution is 1.88. The molecule has 0 amide bonds. The van der Waals surface area contributed by atoms with Crippen LogP contribution >= 0.6 is 0 Å². The largest absolute Gasteiger partial charge is 0.373 e. The van der Waals surface area contributed by atoms with Crippen LogP contribution in [0.15, 0.2) is 29.5 Å². The van der Waals surface area contributed by atoms with Gasteiger partial charge in [-0.3, -0.25) is 5.43 Å². The molecule has 0 aliphatic carbocycles. The zero-order valence-electron chi connectivity index (χ0n) is 6.67. The summed E-state index contributed by atoms with van der Waals surface area (Å²) in [6.07, 6.45) is 8.77. The highest BCUT2D eigenvalue weighted by Gasteiger charge is 1.88. The average molecular weight is 151 g/mol. The van der Waals surface area contributed by atoms with E-state index < -0.39 is 0 Å².